The van der Waals surface area contributed by atoms with Crippen molar-refractivity contribution in [3.05, 3.63) is 41.2 Å². The Bertz CT molecular complexity index is 726. The second-order valence-corrected chi connectivity index (χ2v) is 6.54. The number of ether oxygens (including phenoxy) is 1. The first kappa shape index (κ1) is 17.8. The molecule has 1 aliphatic heterocycles. The minimum atomic E-state index is -0.249. The van der Waals surface area contributed by atoms with Gasteiger partial charge in [-0.05, 0) is 50.1 Å². The Hall–Kier alpha value is -2.05. The zero-order chi connectivity index (χ0) is 17.6. The number of anilines is 1. The van der Waals surface area contributed by atoms with Crippen molar-refractivity contribution in [2.45, 2.75) is 32.2 Å². The van der Waals surface area contributed by atoms with E-state index in [0.29, 0.717) is 34.8 Å². The number of halogens is 1. The molecule has 1 aromatic heterocycles. The Morgan fingerprint density at radius 1 is 1.48 bits per heavy atom. The smallest absolute Gasteiger partial charge is 0.276 e. The van der Waals surface area contributed by atoms with Crippen LogP contribution in [0.2, 0.25) is 5.02 Å². The molecule has 1 fully saturated rings. The molecule has 0 spiro atoms. The number of piperidine rings is 1. The fourth-order valence-corrected chi connectivity index (χ4v) is 3.06. The van der Waals surface area contributed by atoms with Gasteiger partial charge in [-0.25, -0.2) is 0 Å². The molecule has 7 heteroatoms. The summed E-state index contributed by atoms with van der Waals surface area (Å²) in [6.45, 7) is 4.57. The summed E-state index contributed by atoms with van der Waals surface area (Å²) < 4.78 is 7.41. The van der Waals surface area contributed by atoms with Gasteiger partial charge in [0.05, 0.1) is 17.7 Å². The molecule has 2 heterocycles. The van der Waals surface area contributed by atoms with Gasteiger partial charge in [0, 0.05) is 18.4 Å². The van der Waals surface area contributed by atoms with Crippen molar-refractivity contribution < 1.29 is 9.53 Å². The van der Waals surface area contributed by atoms with Crippen LogP contribution < -0.4 is 15.4 Å². The lowest BCUT2D eigenvalue weighted by molar-refractivity contribution is 0.102. The van der Waals surface area contributed by atoms with Crippen molar-refractivity contribution in [3.63, 3.8) is 0 Å². The maximum atomic E-state index is 12.4. The van der Waals surface area contributed by atoms with Crippen molar-refractivity contribution in [2.24, 2.45) is 0 Å². The molecule has 2 N–H and O–H groups in total. The molecule has 25 heavy (non-hydrogen) atoms. The van der Waals surface area contributed by atoms with Gasteiger partial charge in [0.2, 0.25) is 0 Å². The summed E-state index contributed by atoms with van der Waals surface area (Å²) in [5, 5.41) is 11.1. The fraction of sp³-hybridized carbons (Fsp3) is 0.444. The van der Waals surface area contributed by atoms with Gasteiger partial charge < -0.3 is 15.4 Å². The maximum Gasteiger partial charge on any atom is 0.276 e. The molecule has 0 aliphatic carbocycles. The van der Waals surface area contributed by atoms with Crippen molar-refractivity contribution >= 4 is 23.2 Å². The Balaban J connectivity index is 1.64. The van der Waals surface area contributed by atoms with Crippen LogP contribution in [0.25, 0.3) is 0 Å². The van der Waals surface area contributed by atoms with Gasteiger partial charge in [-0.2, -0.15) is 5.10 Å². The number of carbonyl (C=O) groups is 1. The molecule has 1 unspecified atom stereocenters. The van der Waals surface area contributed by atoms with Gasteiger partial charge in [-0.1, -0.05) is 18.5 Å². The largest absolute Gasteiger partial charge is 0.492 e. The lowest BCUT2D eigenvalue weighted by Gasteiger charge is -2.22. The quantitative estimate of drug-likeness (QED) is 0.825. The summed E-state index contributed by atoms with van der Waals surface area (Å²) in [4.78, 5) is 12.4. The van der Waals surface area contributed by atoms with Crippen LogP contribution in [-0.2, 0) is 0 Å². The van der Waals surface area contributed by atoms with Crippen molar-refractivity contribution in [2.75, 3.05) is 25.0 Å². The summed E-state index contributed by atoms with van der Waals surface area (Å²) in [6, 6.07) is 7.27. The predicted molar refractivity (Wildman–Crippen MR) is 98.6 cm³/mol. The topological polar surface area (TPSA) is 68.2 Å². The van der Waals surface area contributed by atoms with Crippen LogP contribution in [-0.4, -0.2) is 35.4 Å². The predicted octanol–water partition coefficient (Wildman–Crippen LogP) is 3.50. The lowest BCUT2D eigenvalue weighted by Crippen LogP contribution is -2.32. The highest BCUT2D eigenvalue weighted by Crippen LogP contribution is 2.28. The van der Waals surface area contributed by atoms with Crippen LogP contribution in [0.15, 0.2) is 30.5 Å². The maximum absolute atomic E-state index is 12.4. The van der Waals surface area contributed by atoms with Crippen molar-refractivity contribution in [1.29, 1.82) is 0 Å². The number of amides is 1. The average molecular weight is 363 g/mol. The van der Waals surface area contributed by atoms with Crippen LogP contribution in [0, 0.1) is 0 Å². The first-order valence-electron chi connectivity index (χ1n) is 8.67. The highest BCUT2D eigenvalue weighted by molar-refractivity contribution is 6.32. The zero-order valence-corrected chi connectivity index (χ0v) is 15.1. The zero-order valence-electron chi connectivity index (χ0n) is 14.3. The third kappa shape index (κ3) is 4.52. The van der Waals surface area contributed by atoms with E-state index in [1.807, 2.05) is 17.8 Å². The van der Waals surface area contributed by atoms with E-state index >= 15 is 0 Å². The van der Waals surface area contributed by atoms with Crippen molar-refractivity contribution in [3.8, 4) is 5.75 Å². The van der Waals surface area contributed by atoms with Gasteiger partial charge >= 0.3 is 0 Å². The highest BCUT2D eigenvalue weighted by atomic mass is 35.5. The normalized spacial score (nSPS) is 17.3. The van der Waals surface area contributed by atoms with Gasteiger partial charge in [-0.3, -0.25) is 9.48 Å². The monoisotopic (exact) mass is 362 g/mol. The van der Waals surface area contributed by atoms with E-state index < -0.39 is 0 Å². The summed E-state index contributed by atoms with van der Waals surface area (Å²) in [6.07, 6.45) is 4.97. The first-order chi connectivity index (χ1) is 12.2. The molecule has 6 nitrogen and oxygen atoms in total. The van der Waals surface area contributed by atoms with Crippen LogP contribution in [0.1, 0.15) is 42.7 Å². The lowest BCUT2D eigenvalue weighted by atomic mass is 10.1. The fourth-order valence-electron chi connectivity index (χ4n) is 2.82. The van der Waals surface area contributed by atoms with E-state index in [9.17, 15) is 4.79 Å². The minimum Gasteiger partial charge on any atom is -0.492 e. The number of hydrogen-bond donors (Lipinski definition) is 2. The molecular formula is C18H23ClN4O2. The summed E-state index contributed by atoms with van der Waals surface area (Å²) >= 11 is 6.20. The molecule has 1 saturated heterocycles. The molecule has 0 bridgehead atoms. The number of hydrogen-bond acceptors (Lipinski definition) is 4. The Morgan fingerprint density at radius 3 is 3.08 bits per heavy atom. The molecular weight excluding hydrogens is 340 g/mol. The molecule has 0 saturated carbocycles. The van der Waals surface area contributed by atoms with E-state index in [1.54, 1.807) is 24.3 Å². The van der Waals surface area contributed by atoms with E-state index in [1.165, 1.54) is 0 Å². The average Bonchev–Trinajstić information content (AvgIpc) is 3.12. The molecule has 1 atom stereocenters. The summed E-state index contributed by atoms with van der Waals surface area (Å²) in [5.74, 6) is 0.372. The highest BCUT2D eigenvalue weighted by Gasteiger charge is 2.18. The first-order valence-corrected chi connectivity index (χ1v) is 9.04. The van der Waals surface area contributed by atoms with Crippen LogP contribution >= 0.6 is 11.6 Å². The Morgan fingerprint density at radius 2 is 2.36 bits per heavy atom. The number of benzene rings is 1. The number of aromatic nitrogens is 2. The number of carbonyl (C=O) groups excluding carboxylic acids is 1. The Kier molecular flexibility index (Phi) is 5.94. The van der Waals surface area contributed by atoms with Crippen LogP contribution in [0.3, 0.4) is 0 Å². The second kappa shape index (κ2) is 8.36. The van der Waals surface area contributed by atoms with Crippen molar-refractivity contribution in [1.82, 2.24) is 15.1 Å². The molecule has 1 aliphatic rings. The molecule has 2 aromatic rings. The van der Waals surface area contributed by atoms with E-state index in [2.05, 4.69) is 15.7 Å². The molecule has 1 amide bonds. The number of nitrogens with one attached hydrogen (secondary N) is 2. The Labute approximate surface area is 152 Å². The van der Waals surface area contributed by atoms with Gasteiger partial charge in [0.1, 0.15) is 5.75 Å². The SMILES string of the molecule is CCCOc1ccc(NC(=O)c2ccn(C3CCCNC3)n2)cc1Cl. The third-order valence-electron chi connectivity index (χ3n) is 4.14. The van der Waals surface area contributed by atoms with Gasteiger partial charge in [0.15, 0.2) is 5.69 Å². The third-order valence-corrected chi connectivity index (χ3v) is 4.43. The number of rotatable bonds is 6. The van der Waals surface area contributed by atoms with Crippen LogP contribution in [0.4, 0.5) is 5.69 Å². The van der Waals surface area contributed by atoms with E-state index in [-0.39, 0.29) is 5.91 Å². The summed E-state index contributed by atoms with van der Waals surface area (Å²) in [5.41, 5.74) is 1.01. The molecule has 3 rings (SSSR count). The number of nitrogens with zero attached hydrogens (tertiary/aromatic N) is 2. The van der Waals surface area contributed by atoms with Crippen LogP contribution in [0.5, 0.6) is 5.75 Å². The molecule has 134 valence electrons. The summed E-state index contributed by atoms with van der Waals surface area (Å²) in [7, 11) is 0. The molecule has 0 radical (unpaired) electrons. The minimum absolute atomic E-state index is 0.249. The van der Waals surface area contributed by atoms with E-state index in [4.69, 9.17) is 16.3 Å². The van der Waals surface area contributed by atoms with E-state index in [0.717, 1.165) is 32.4 Å². The van der Waals surface area contributed by atoms with Gasteiger partial charge in [-0.15, -0.1) is 0 Å². The molecule has 1 aromatic carbocycles. The second-order valence-electron chi connectivity index (χ2n) is 6.13. The van der Waals surface area contributed by atoms with Gasteiger partial charge in [0.25, 0.3) is 5.91 Å². The standard InChI is InChI=1S/C18H23ClN4O2/c1-2-10-25-17-6-5-13(11-15(17)19)21-18(24)16-7-9-23(22-16)14-4-3-8-20-12-14/h5-7,9,11,14,20H,2-4,8,10,12H2,1H3,(H,21,24).